The van der Waals surface area contributed by atoms with Crippen molar-refractivity contribution < 1.29 is 23.1 Å². The van der Waals surface area contributed by atoms with Gasteiger partial charge in [-0.15, -0.1) is 0 Å². The Morgan fingerprint density at radius 1 is 1.42 bits per heavy atom. The largest absolute Gasteiger partial charge is 0.467 e. The number of benzene rings is 1. The van der Waals surface area contributed by atoms with Gasteiger partial charge in [0.15, 0.2) is 11.6 Å². The van der Waals surface area contributed by atoms with E-state index in [0.717, 1.165) is 11.8 Å². The van der Waals surface area contributed by atoms with Gasteiger partial charge in [0.1, 0.15) is 12.1 Å². The zero-order valence-electron chi connectivity index (χ0n) is 14.3. The van der Waals surface area contributed by atoms with Crippen molar-refractivity contribution in [3.05, 3.63) is 53.1 Å². The van der Waals surface area contributed by atoms with Crippen molar-refractivity contribution in [3.8, 4) is 0 Å². The summed E-state index contributed by atoms with van der Waals surface area (Å²) in [5.74, 6) is -2.65. The zero-order valence-corrected chi connectivity index (χ0v) is 14.3. The van der Waals surface area contributed by atoms with Crippen LogP contribution in [0.4, 0.5) is 13.6 Å². The molecule has 2 N–H and O–H groups in total. The molecular formula is C17H18F2N4O3. The Labute approximate surface area is 148 Å². The lowest BCUT2D eigenvalue weighted by atomic mass is 9.95. The van der Waals surface area contributed by atoms with Crippen LogP contribution in [0.25, 0.3) is 0 Å². The fraction of sp³-hybridized carbons (Fsp3) is 0.353. The number of carbonyl (C=O) groups excluding carboxylic acids is 2. The maximum absolute atomic E-state index is 14.4. The van der Waals surface area contributed by atoms with E-state index in [1.807, 2.05) is 0 Å². The second-order valence-corrected chi connectivity index (χ2v) is 5.95. The number of hydrogen-bond donors (Lipinski definition) is 2. The van der Waals surface area contributed by atoms with Crippen LogP contribution in [-0.2, 0) is 16.0 Å². The van der Waals surface area contributed by atoms with E-state index in [-0.39, 0.29) is 12.1 Å². The first-order chi connectivity index (χ1) is 12.4. The van der Waals surface area contributed by atoms with Crippen molar-refractivity contribution in [1.29, 1.82) is 0 Å². The number of H-pyrrole nitrogens is 1. The minimum atomic E-state index is -1.04. The van der Waals surface area contributed by atoms with Crippen molar-refractivity contribution in [3.63, 3.8) is 0 Å². The number of urea groups is 1. The fourth-order valence-corrected chi connectivity index (χ4v) is 3.05. The zero-order chi connectivity index (χ0) is 18.8. The van der Waals surface area contributed by atoms with E-state index >= 15 is 0 Å². The lowest BCUT2D eigenvalue weighted by Gasteiger charge is -2.35. The van der Waals surface area contributed by atoms with E-state index < -0.39 is 35.7 Å². The van der Waals surface area contributed by atoms with Crippen LogP contribution in [0.15, 0.2) is 24.5 Å². The first kappa shape index (κ1) is 17.8. The number of esters is 1. The molecule has 0 spiro atoms. The molecule has 1 aromatic carbocycles. The summed E-state index contributed by atoms with van der Waals surface area (Å²) in [7, 11) is 1.22. The number of rotatable bonds is 3. The van der Waals surface area contributed by atoms with E-state index in [0.29, 0.717) is 12.1 Å². The van der Waals surface area contributed by atoms with Gasteiger partial charge in [0.05, 0.1) is 19.1 Å². The van der Waals surface area contributed by atoms with Gasteiger partial charge in [0.2, 0.25) is 0 Å². The molecule has 0 saturated heterocycles. The molecule has 138 valence electrons. The highest BCUT2D eigenvalue weighted by Gasteiger charge is 2.37. The second kappa shape index (κ2) is 7.11. The van der Waals surface area contributed by atoms with Crippen LogP contribution in [0, 0.1) is 11.6 Å². The molecule has 1 aliphatic rings. The van der Waals surface area contributed by atoms with E-state index in [9.17, 15) is 18.4 Å². The van der Waals surface area contributed by atoms with Crippen LogP contribution in [0.5, 0.6) is 0 Å². The second-order valence-electron chi connectivity index (χ2n) is 5.95. The Bertz CT molecular complexity index is 839. The standard InChI is InChI=1S/C17H18F2N4O3/c1-9(16(24)26-2)22-17(25)23-7-6-12-14(21-8-20-12)15(23)10-4-3-5-11(18)13(10)19/h3-5,8-9,15H,6-7H2,1-2H3,(H,20,21)(H,22,25)/t9-,15?/m0/s1. The number of amides is 2. The first-order valence-electron chi connectivity index (χ1n) is 8.05. The topological polar surface area (TPSA) is 87.3 Å². The number of aromatic nitrogens is 2. The minimum absolute atomic E-state index is 0.000999. The molecular weight excluding hydrogens is 346 g/mol. The molecule has 7 nitrogen and oxygen atoms in total. The smallest absolute Gasteiger partial charge is 0.328 e. The van der Waals surface area contributed by atoms with E-state index in [2.05, 4.69) is 20.0 Å². The van der Waals surface area contributed by atoms with Gasteiger partial charge in [-0.25, -0.2) is 23.4 Å². The van der Waals surface area contributed by atoms with Crippen molar-refractivity contribution in [2.75, 3.05) is 13.7 Å². The Balaban J connectivity index is 1.97. The van der Waals surface area contributed by atoms with Crippen LogP contribution < -0.4 is 5.32 Å². The fourth-order valence-electron chi connectivity index (χ4n) is 3.05. The molecule has 9 heteroatoms. The number of methoxy groups -OCH3 is 1. The van der Waals surface area contributed by atoms with Crippen molar-refractivity contribution >= 4 is 12.0 Å². The summed E-state index contributed by atoms with van der Waals surface area (Å²) in [6.45, 7) is 1.72. The van der Waals surface area contributed by atoms with Gasteiger partial charge in [-0.05, 0) is 13.0 Å². The van der Waals surface area contributed by atoms with Gasteiger partial charge >= 0.3 is 12.0 Å². The predicted octanol–water partition coefficient (Wildman–Crippen LogP) is 1.91. The van der Waals surface area contributed by atoms with Crippen molar-refractivity contribution in [1.82, 2.24) is 20.2 Å². The third-order valence-corrected chi connectivity index (χ3v) is 4.36. The van der Waals surface area contributed by atoms with Gasteiger partial charge in [-0.3, -0.25) is 0 Å². The molecule has 2 atom stereocenters. The predicted molar refractivity (Wildman–Crippen MR) is 87.2 cm³/mol. The van der Waals surface area contributed by atoms with E-state index in [1.165, 1.54) is 37.4 Å². The maximum Gasteiger partial charge on any atom is 0.328 e. The average molecular weight is 364 g/mol. The normalized spacial score (nSPS) is 17.4. The Hall–Kier alpha value is -2.97. The summed E-state index contributed by atoms with van der Waals surface area (Å²) in [5, 5.41) is 2.52. The molecule has 26 heavy (non-hydrogen) atoms. The van der Waals surface area contributed by atoms with Crippen molar-refractivity contribution in [2.24, 2.45) is 0 Å². The van der Waals surface area contributed by atoms with Crippen LogP contribution >= 0.6 is 0 Å². The Kier molecular flexibility index (Phi) is 4.88. The lowest BCUT2D eigenvalue weighted by molar-refractivity contribution is -0.142. The minimum Gasteiger partial charge on any atom is -0.467 e. The summed E-state index contributed by atoms with van der Waals surface area (Å²) < 4.78 is 32.8. The summed E-state index contributed by atoms with van der Waals surface area (Å²) in [4.78, 5) is 32.7. The molecule has 1 unspecified atom stereocenters. The molecule has 1 aliphatic heterocycles. The lowest BCUT2D eigenvalue weighted by Crippen LogP contribution is -2.50. The molecule has 2 heterocycles. The molecule has 2 aromatic rings. The highest BCUT2D eigenvalue weighted by Crippen LogP contribution is 2.35. The van der Waals surface area contributed by atoms with Crippen LogP contribution in [0.2, 0.25) is 0 Å². The molecule has 0 aliphatic carbocycles. The SMILES string of the molecule is COC(=O)[C@H](C)NC(=O)N1CCc2[nH]cnc2C1c1cccc(F)c1F. The Morgan fingerprint density at radius 2 is 2.19 bits per heavy atom. The van der Waals surface area contributed by atoms with E-state index in [4.69, 9.17) is 0 Å². The number of fused-ring (bicyclic) bond motifs is 1. The molecule has 0 bridgehead atoms. The van der Waals surface area contributed by atoms with Gasteiger partial charge in [-0.1, -0.05) is 12.1 Å². The number of imidazole rings is 1. The van der Waals surface area contributed by atoms with Gasteiger partial charge in [0.25, 0.3) is 0 Å². The summed E-state index contributed by atoms with van der Waals surface area (Å²) in [5.41, 5.74) is 1.20. The highest BCUT2D eigenvalue weighted by atomic mass is 19.2. The van der Waals surface area contributed by atoms with Crippen molar-refractivity contribution in [2.45, 2.75) is 25.4 Å². The number of ether oxygens (including phenoxy) is 1. The number of aromatic amines is 1. The van der Waals surface area contributed by atoms with E-state index in [1.54, 1.807) is 0 Å². The number of nitrogens with one attached hydrogen (secondary N) is 2. The van der Waals surface area contributed by atoms with Gasteiger partial charge in [0, 0.05) is 24.2 Å². The summed E-state index contributed by atoms with van der Waals surface area (Å²) in [6.07, 6.45) is 1.93. The highest BCUT2D eigenvalue weighted by molar-refractivity contribution is 5.83. The maximum atomic E-state index is 14.4. The number of carbonyl (C=O) groups is 2. The number of nitrogens with zero attached hydrogens (tertiary/aromatic N) is 2. The molecule has 0 radical (unpaired) electrons. The van der Waals surface area contributed by atoms with Gasteiger partial charge in [-0.2, -0.15) is 0 Å². The molecule has 1 aromatic heterocycles. The Morgan fingerprint density at radius 3 is 2.92 bits per heavy atom. The molecule has 2 amide bonds. The number of hydrogen-bond acceptors (Lipinski definition) is 4. The monoisotopic (exact) mass is 364 g/mol. The molecule has 3 rings (SSSR count). The first-order valence-corrected chi connectivity index (χ1v) is 8.05. The molecule has 0 saturated carbocycles. The third kappa shape index (κ3) is 3.12. The average Bonchev–Trinajstić information content (AvgIpc) is 3.11. The molecule has 0 fully saturated rings. The van der Waals surface area contributed by atoms with Crippen LogP contribution in [0.3, 0.4) is 0 Å². The van der Waals surface area contributed by atoms with Crippen LogP contribution in [-0.4, -0.2) is 46.6 Å². The van der Waals surface area contributed by atoms with Crippen LogP contribution in [0.1, 0.15) is 29.9 Å². The quantitative estimate of drug-likeness (QED) is 0.815. The summed E-state index contributed by atoms with van der Waals surface area (Å²) in [6, 6.07) is 1.41. The third-order valence-electron chi connectivity index (χ3n) is 4.36. The van der Waals surface area contributed by atoms with Gasteiger partial charge < -0.3 is 19.9 Å². The summed E-state index contributed by atoms with van der Waals surface area (Å²) >= 11 is 0. The number of halogens is 2.